The molecule has 38 heavy (non-hydrogen) atoms. The van der Waals surface area contributed by atoms with E-state index in [0.29, 0.717) is 23.2 Å². The highest BCUT2D eigenvalue weighted by atomic mass is 32.2. The van der Waals surface area contributed by atoms with E-state index in [2.05, 4.69) is 39.0 Å². The molecule has 3 aromatic carbocycles. The van der Waals surface area contributed by atoms with Gasteiger partial charge < -0.3 is 9.64 Å². The lowest BCUT2D eigenvalue weighted by Crippen LogP contribution is -2.52. The van der Waals surface area contributed by atoms with E-state index in [9.17, 15) is 8.42 Å². The molecule has 4 aromatic rings. The number of hydrogen-bond donors (Lipinski definition) is 0. The van der Waals surface area contributed by atoms with Gasteiger partial charge in [-0.25, -0.2) is 8.42 Å². The van der Waals surface area contributed by atoms with Crippen LogP contribution in [0.25, 0.3) is 10.8 Å². The van der Waals surface area contributed by atoms with Gasteiger partial charge in [0.25, 0.3) is 0 Å². The second-order valence-corrected chi connectivity index (χ2v) is 11.7. The second kappa shape index (κ2) is 11.5. The summed E-state index contributed by atoms with van der Waals surface area (Å²) in [6, 6.07) is 25.2. The Morgan fingerprint density at radius 3 is 2.37 bits per heavy atom. The first-order valence-electron chi connectivity index (χ1n) is 12.9. The molecule has 8 heteroatoms. The van der Waals surface area contributed by atoms with Crippen LogP contribution in [0.1, 0.15) is 5.56 Å². The molecule has 0 spiro atoms. The third kappa shape index (κ3) is 5.67. The molecular formula is C30H34N4O3S. The average Bonchev–Trinajstić information content (AvgIpc) is 2.97. The van der Waals surface area contributed by atoms with Crippen molar-refractivity contribution in [2.75, 3.05) is 51.8 Å². The van der Waals surface area contributed by atoms with Crippen LogP contribution in [0.15, 0.2) is 96.2 Å². The standard InChI is InChI=1S/C30H34N4O3S/c1-32(38(35,36)30-10-6-7-25-22-31-16-15-29(25)30)27(21-24-11-13-28(37-2)14-12-24)23-33-17-19-34(20-18-33)26-8-4-3-5-9-26/h3-16,22,27H,17-21,23H2,1-2H3. The fraction of sp³-hybridized carbons (Fsp3) is 0.300. The third-order valence-corrected chi connectivity index (χ3v) is 9.37. The van der Waals surface area contributed by atoms with Crippen LogP contribution in [0.2, 0.25) is 0 Å². The molecular weight excluding hydrogens is 496 g/mol. The molecule has 1 aliphatic heterocycles. The van der Waals surface area contributed by atoms with E-state index in [1.54, 1.807) is 49.1 Å². The van der Waals surface area contributed by atoms with Gasteiger partial charge in [-0.2, -0.15) is 4.31 Å². The van der Waals surface area contributed by atoms with Crippen LogP contribution in [0.3, 0.4) is 0 Å². The van der Waals surface area contributed by atoms with Gasteiger partial charge in [0.2, 0.25) is 10.0 Å². The van der Waals surface area contributed by atoms with Crippen LogP contribution >= 0.6 is 0 Å². The Hall–Kier alpha value is -3.46. The number of pyridine rings is 1. The summed E-state index contributed by atoms with van der Waals surface area (Å²) in [4.78, 5) is 9.25. The van der Waals surface area contributed by atoms with Crippen molar-refractivity contribution < 1.29 is 13.2 Å². The smallest absolute Gasteiger partial charge is 0.243 e. The Labute approximate surface area is 225 Å². The van der Waals surface area contributed by atoms with E-state index in [1.165, 1.54) is 5.69 Å². The predicted octanol–water partition coefficient (Wildman–Crippen LogP) is 4.30. The van der Waals surface area contributed by atoms with Crippen molar-refractivity contribution in [1.29, 1.82) is 0 Å². The lowest BCUT2D eigenvalue weighted by atomic mass is 10.0. The maximum atomic E-state index is 14.0. The summed E-state index contributed by atoms with van der Waals surface area (Å²) < 4.78 is 34.9. The number of benzene rings is 3. The van der Waals surface area contributed by atoms with Crippen LogP contribution in [0.4, 0.5) is 5.69 Å². The average molecular weight is 531 g/mol. The number of methoxy groups -OCH3 is 1. The molecule has 0 radical (unpaired) electrons. The van der Waals surface area contributed by atoms with Crippen molar-refractivity contribution in [3.05, 3.63) is 96.8 Å². The maximum Gasteiger partial charge on any atom is 0.243 e. The Morgan fingerprint density at radius 2 is 1.66 bits per heavy atom. The second-order valence-electron chi connectivity index (χ2n) is 9.70. The number of sulfonamides is 1. The summed E-state index contributed by atoms with van der Waals surface area (Å²) in [6.07, 6.45) is 3.95. The zero-order valence-electron chi connectivity index (χ0n) is 21.9. The van der Waals surface area contributed by atoms with Crippen LogP contribution in [-0.2, 0) is 16.4 Å². The highest BCUT2D eigenvalue weighted by molar-refractivity contribution is 7.89. The molecule has 1 aromatic heterocycles. The third-order valence-electron chi connectivity index (χ3n) is 7.40. The number of aromatic nitrogens is 1. The fourth-order valence-corrected chi connectivity index (χ4v) is 6.69. The molecule has 7 nitrogen and oxygen atoms in total. The Morgan fingerprint density at radius 1 is 0.921 bits per heavy atom. The Bertz CT molecular complexity index is 1450. The van der Waals surface area contributed by atoms with E-state index >= 15 is 0 Å². The first kappa shape index (κ1) is 26.2. The number of rotatable bonds is 9. The Kier molecular flexibility index (Phi) is 7.93. The van der Waals surface area contributed by atoms with Crippen molar-refractivity contribution in [1.82, 2.24) is 14.2 Å². The van der Waals surface area contributed by atoms with Gasteiger partial charge in [0.15, 0.2) is 0 Å². The van der Waals surface area contributed by atoms with E-state index in [1.807, 2.05) is 36.4 Å². The zero-order valence-corrected chi connectivity index (χ0v) is 22.7. The lowest BCUT2D eigenvalue weighted by molar-refractivity contribution is 0.200. The summed E-state index contributed by atoms with van der Waals surface area (Å²) in [5, 5.41) is 1.50. The van der Waals surface area contributed by atoms with E-state index in [-0.39, 0.29) is 6.04 Å². The summed E-state index contributed by atoms with van der Waals surface area (Å²) in [7, 11) is -0.401. The zero-order chi connectivity index (χ0) is 26.5. The predicted molar refractivity (Wildman–Crippen MR) is 152 cm³/mol. The monoisotopic (exact) mass is 530 g/mol. The molecule has 1 atom stereocenters. The number of hydrogen-bond acceptors (Lipinski definition) is 6. The van der Waals surface area contributed by atoms with Crippen LogP contribution in [-0.4, -0.2) is 75.5 Å². The van der Waals surface area contributed by atoms with Gasteiger partial charge in [0.05, 0.1) is 12.0 Å². The number of anilines is 1. The summed E-state index contributed by atoms with van der Waals surface area (Å²) in [6.45, 7) is 4.22. The number of piperazine rings is 1. The summed E-state index contributed by atoms with van der Waals surface area (Å²) in [5.41, 5.74) is 2.30. The highest BCUT2D eigenvalue weighted by Crippen LogP contribution is 2.27. The van der Waals surface area contributed by atoms with E-state index in [4.69, 9.17) is 4.74 Å². The van der Waals surface area contributed by atoms with Crippen LogP contribution < -0.4 is 9.64 Å². The van der Waals surface area contributed by atoms with Crippen LogP contribution in [0.5, 0.6) is 5.75 Å². The van der Waals surface area contributed by atoms with Crippen molar-refractivity contribution in [3.63, 3.8) is 0 Å². The minimum atomic E-state index is -3.76. The lowest BCUT2D eigenvalue weighted by Gasteiger charge is -2.39. The van der Waals surface area contributed by atoms with Crippen molar-refractivity contribution in [3.8, 4) is 5.75 Å². The van der Waals surface area contributed by atoms with E-state index < -0.39 is 10.0 Å². The van der Waals surface area contributed by atoms with E-state index in [0.717, 1.165) is 42.9 Å². The number of fused-ring (bicyclic) bond motifs is 1. The highest BCUT2D eigenvalue weighted by Gasteiger charge is 2.31. The number of ether oxygens (including phenoxy) is 1. The van der Waals surface area contributed by atoms with Gasteiger partial charge in [-0.05, 0) is 48.4 Å². The fourth-order valence-electron chi connectivity index (χ4n) is 5.14. The summed E-state index contributed by atoms with van der Waals surface area (Å²) in [5.74, 6) is 0.785. The quantitative estimate of drug-likeness (QED) is 0.322. The van der Waals surface area contributed by atoms with Gasteiger partial charge in [-0.15, -0.1) is 0 Å². The minimum absolute atomic E-state index is 0.242. The van der Waals surface area contributed by atoms with Gasteiger partial charge in [0.1, 0.15) is 5.75 Å². The van der Waals surface area contributed by atoms with Gasteiger partial charge in [-0.1, -0.05) is 42.5 Å². The molecule has 1 aliphatic rings. The van der Waals surface area contributed by atoms with Gasteiger partial charge in [0, 0.05) is 74.7 Å². The van der Waals surface area contributed by atoms with Crippen LogP contribution in [0, 0.1) is 0 Å². The molecule has 1 saturated heterocycles. The van der Waals surface area contributed by atoms with Crippen molar-refractivity contribution in [2.24, 2.45) is 0 Å². The number of likely N-dealkylation sites (N-methyl/N-ethyl adjacent to an activating group) is 1. The van der Waals surface area contributed by atoms with Crippen molar-refractivity contribution in [2.45, 2.75) is 17.4 Å². The molecule has 0 amide bonds. The Balaban J connectivity index is 1.39. The number of para-hydroxylation sites is 1. The molecule has 0 N–H and O–H groups in total. The van der Waals surface area contributed by atoms with Crippen molar-refractivity contribution >= 4 is 26.5 Å². The molecule has 0 bridgehead atoms. The molecule has 198 valence electrons. The first-order chi connectivity index (χ1) is 18.5. The minimum Gasteiger partial charge on any atom is -0.497 e. The molecule has 0 saturated carbocycles. The molecule has 2 heterocycles. The normalized spacial score (nSPS) is 15.6. The molecule has 0 aliphatic carbocycles. The largest absolute Gasteiger partial charge is 0.497 e. The van der Waals surface area contributed by atoms with Gasteiger partial charge >= 0.3 is 0 Å². The summed E-state index contributed by atoms with van der Waals surface area (Å²) >= 11 is 0. The topological polar surface area (TPSA) is 66.0 Å². The maximum absolute atomic E-state index is 14.0. The first-order valence-corrected chi connectivity index (χ1v) is 14.4. The molecule has 1 unspecified atom stereocenters. The number of nitrogens with zero attached hydrogens (tertiary/aromatic N) is 4. The molecule has 1 fully saturated rings. The molecule has 5 rings (SSSR count). The SMILES string of the molecule is COc1ccc(CC(CN2CCN(c3ccccc3)CC2)N(C)S(=O)(=O)c2cccc3cnccc23)cc1. The van der Waals surface area contributed by atoms with Gasteiger partial charge in [-0.3, -0.25) is 9.88 Å².